The van der Waals surface area contributed by atoms with Gasteiger partial charge in [0, 0.05) is 6.42 Å². The van der Waals surface area contributed by atoms with Gasteiger partial charge < -0.3 is 40.3 Å². The highest BCUT2D eigenvalue weighted by Gasteiger charge is 2.44. The molecule has 0 spiro atoms. The van der Waals surface area contributed by atoms with Gasteiger partial charge >= 0.3 is 0 Å². The topological polar surface area (TPSA) is 149 Å². The summed E-state index contributed by atoms with van der Waals surface area (Å²) in [6.45, 7) is 3.77. The molecule has 0 aromatic heterocycles. The van der Waals surface area contributed by atoms with Gasteiger partial charge in [0.2, 0.25) is 5.91 Å². The van der Waals surface area contributed by atoms with Gasteiger partial charge in [-0.1, -0.05) is 160 Å². The quantitative estimate of drug-likeness (QED) is 0.0289. The second kappa shape index (κ2) is 33.3. The molecule has 0 bridgehead atoms. The Hall–Kier alpha value is -1.33. The third kappa shape index (κ3) is 24.6. The van der Waals surface area contributed by atoms with Crippen LogP contribution in [0.2, 0.25) is 0 Å². The lowest BCUT2D eigenvalue weighted by atomic mass is 9.99. The van der Waals surface area contributed by atoms with Crippen molar-refractivity contribution in [2.45, 2.75) is 224 Å². The predicted molar refractivity (Wildman–Crippen MR) is 207 cm³/mol. The van der Waals surface area contributed by atoms with Crippen LogP contribution in [0.15, 0.2) is 24.3 Å². The molecule has 51 heavy (non-hydrogen) atoms. The minimum absolute atomic E-state index is 0.143. The molecule has 1 heterocycles. The van der Waals surface area contributed by atoms with Gasteiger partial charge in [0.05, 0.1) is 25.4 Å². The normalized spacial score (nSPS) is 22.2. The molecule has 1 rings (SSSR count). The van der Waals surface area contributed by atoms with Crippen LogP contribution in [0.1, 0.15) is 181 Å². The zero-order valence-corrected chi connectivity index (χ0v) is 32.6. The highest BCUT2D eigenvalue weighted by molar-refractivity contribution is 5.76. The van der Waals surface area contributed by atoms with E-state index in [1.807, 2.05) is 0 Å². The van der Waals surface area contributed by atoms with E-state index in [2.05, 4.69) is 43.5 Å². The summed E-state index contributed by atoms with van der Waals surface area (Å²) in [4.78, 5) is 12.9. The number of carbonyl (C=O) groups excluding carboxylic acids is 1. The third-order valence-corrected chi connectivity index (χ3v) is 10.1. The van der Waals surface area contributed by atoms with Gasteiger partial charge in [-0.15, -0.1) is 0 Å². The summed E-state index contributed by atoms with van der Waals surface area (Å²) < 4.78 is 11.2. The molecular weight excluding hydrogens is 646 g/mol. The van der Waals surface area contributed by atoms with Crippen molar-refractivity contribution in [2.24, 2.45) is 0 Å². The first-order valence-corrected chi connectivity index (χ1v) is 21.0. The fourth-order valence-corrected chi connectivity index (χ4v) is 6.59. The average molecular weight is 726 g/mol. The van der Waals surface area contributed by atoms with Crippen molar-refractivity contribution in [3.8, 4) is 0 Å². The Balaban J connectivity index is 2.39. The van der Waals surface area contributed by atoms with Crippen molar-refractivity contribution >= 4 is 5.91 Å². The van der Waals surface area contributed by atoms with Crippen LogP contribution in [-0.2, 0) is 14.3 Å². The van der Waals surface area contributed by atoms with Gasteiger partial charge in [0.1, 0.15) is 24.4 Å². The van der Waals surface area contributed by atoms with Crippen LogP contribution in [0.5, 0.6) is 0 Å². The van der Waals surface area contributed by atoms with Gasteiger partial charge in [0.15, 0.2) is 6.29 Å². The van der Waals surface area contributed by atoms with Crippen molar-refractivity contribution in [2.75, 3.05) is 13.2 Å². The maximum absolute atomic E-state index is 12.9. The number of hydrogen-bond acceptors (Lipinski definition) is 8. The van der Waals surface area contributed by atoms with Crippen LogP contribution in [0.25, 0.3) is 0 Å². The molecule has 1 fully saturated rings. The molecule has 7 atom stereocenters. The standard InChI is InChI=1S/C42H79NO8/c1-3-5-7-9-11-13-15-17-19-21-23-25-27-29-31-36(45)35(34-50-42-41(49)40(48)39(47)37(33-44)51-42)43-38(46)32-30-28-26-24-22-20-18-16-14-12-10-8-6-4-2/h10,12,16,18,35-37,39-42,44-45,47-49H,3-9,11,13-15,17,19-34H2,1-2H3,(H,43,46)/b12-10-,18-16-. The van der Waals surface area contributed by atoms with Crippen molar-refractivity contribution in [1.29, 1.82) is 0 Å². The zero-order valence-electron chi connectivity index (χ0n) is 32.6. The number of amides is 1. The first-order chi connectivity index (χ1) is 24.8. The molecule has 1 saturated heterocycles. The van der Waals surface area contributed by atoms with Gasteiger partial charge in [-0.2, -0.15) is 0 Å². The molecular formula is C42H79NO8. The maximum atomic E-state index is 12.9. The second-order valence-corrected chi connectivity index (χ2v) is 14.8. The van der Waals surface area contributed by atoms with Crippen molar-refractivity contribution in [1.82, 2.24) is 5.32 Å². The minimum atomic E-state index is -1.55. The number of nitrogens with one attached hydrogen (secondary N) is 1. The summed E-state index contributed by atoms with van der Waals surface area (Å²) in [6.07, 6.45) is 30.3. The highest BCUT2D eigenvalue weighted by Crippen LogP contribution is 2.23. The molecule has 0 aromatic carbocycles. The molecule has 0 radical (unpaired) electrons. The van der Waals surface area contributed by atoms with Gasteiger partial charge in [-0.05, 0) is 38.5 Å². The second-order valence-electron chi connectivity index (χ2n) is 14.8. The molecule has 1 amide bonds. The lowest BCUT2D eigenvalue weighted by Gasteiger charge is -2.40. The van der Waals surface area contributed by atoms with E-state index in [1.54, 1.807) is 0 Å². The number of ether oxygens (including phenoxy) is 2. The van der Waals surface area contributed by atoms with E-state index in [4.69, 9.17) is 9.47 Å². The number of unbranched alkanes of at least 4 members (excludes halogenated alkanes) is 20. The van der Waals surface area contributed by atoms with Crippen LogP contribution < -0.4 is 5.32 Å². The Morgan fingerprint density at radius 1 is 0.667 bits per heavy atom. The van der Waals surface area contributed by atoms with Crippen molar-refractivity contribution in [3.63, 3.8) is 0 Å². The lowest BCUT2D eigenvalue weighted by Crippen LogP contribution is -2.60. The fourth-order valence-electron chi connectivity index (χ4n) is 6.59. The van der Waals surface area contributed by atoms with Gasteiger partial charge in [-0.25, -0.2) is 0 Å². The maximum Gasteiger partial charge on any atom is 0.220 e. The summed E-state index contributed by atoms with van der Waals surface area (Å²) in [7, 11) is 0. The number of hydrogen-bond donors (Lipinski definition) is 6. The molecule has 1 aliphatic heterocycles. The molecule has 6 N–H and O–H groups in total. The number of carbonyl (C=O) groups is 1. The zero-order chi connectivity index (χ0) is 37.4. The predicted octanol–water partition coefficient (Wildman–Crippen LogP) is 7.94. The summed E-state index contributed by atoms with van der Waals surface area (Å²) in [5.41, 5.74) is 0. The average Bonchev–Trinajstić information content (AvgIpc) is 3.13. The highest BCUT2D eigenvalue weighted by atomic mass is 16.7. The molecule has 9 nitrogen and oxygen atoms in total. The van der Waals surface area contributed by atoms with E-state index in [1.165, 1.54) is 89.9 Å². The van der Waals surface area contributed by atoms with E-state index in [9.17, 15) is 30.3 Å². The Morgan fingerprint density at radius 2 is 1.18 bits per heavy atom. The molecule has 7 unspecified atom stereocenters. The Bertz CT molecular complexity index is 853. The van der Waals surface area contributed by atoms with E-state index < -0.39 is 49.5 Å². The number of aliphatic hydroxyl groups excluding tert-OH is 5. The number of allylic oxidation sites excluding steroid dienone is 4. The SMILES string of the molecule is CCCC/C=C\C/C=C\CCCCCCCC(=O)NC(COC1OC(CO)C(O)C(O)C1O)C(O)CCCCCCCCCCCCCCCC. The van der Waals surface area contributed by atoms with E-state index >= 15 is 0 Å². The third-order valence-electron chi connectivity index (χ3n) is 10.1. The fraction of sp³-hybridized carbons (Fsp3) is 0.881. The van der Waals surface area contributed by atoms with Gasteiger partial charge in [-0.3, -0.25) is 4.79 Å². The summed E-state index contributed by atoms with van der Waals surface area (Å²) in [5.74, 6) is -0.160. The molecule has 1 aliphatic rings. The first-order valence-electron chi connectivity index (χ1n) is 21.0. The van der Waals surface area contributed by atoms with Crippen LogP contribution >= 0.6 is 0 Å². The van der Waals surface area contributed by atoms with Crippen LogP contribution in [0.4, 0.5) is 0 Å². The van der Waals surface area contributed by atoms with Crippen LogP contribution in [-0.4, -0.2) is 87.5 Å². The van der Waals surface area contributed by atoms with E-state index in [0.717, 1.165) is 64.2 Å². The lowest BCUT2D eigenvalue weighted by molar-refractivity contribution is -0.302. The van der Waals surface area contributed by atoms with Gasteiger partial charge in [0.25, 0.3) is 0 Å². The molecule has 0 aliphatic carbocycles. The molecule has 0 aromatic rings. The number of aliphatic hydroxyl groups is 5. The number of rotatable bonds is 34. The molecule has 9 heteroatoms. The summed E-state index contributed by atoms with van der Waals surface area (Å²) >= 11 is 0. The largest absolute Gasteiger partial charge is 0.394 e. The Kier molecular flexibility index (Phi) is 31.1. The monoisotopic (exact) mass is 726 g/mol. The van der Waals surface area contributed by atoms with E-state index in [-0.39, 0.29) is 12.5 Å². The van der Waals surface area contributed by atoms with Crippen LogP contribution in [0.3, 0.4) is 0 Å². The summed E-state index contributed by atoms with van der Waals surface area (Å²) in [6, 6.07) is -0.722. The summed E-state index contributed by atoms with van der Waals surface area (Å²) in [5, 5.41) is 54.2. The molecule has 0 saturated carbocycles. The van der Waals surface area contributed by atoms with Crippen molar-refractivity contribution in [3.05, 3.63) is 24.3 Å². The minimum Gasteiger partial charge on any atom is -0.394 e. The molecule has 300 valence electrons. The smallest absolute Gasteiger partial charge is 0.220 e. The Morgan fingerprint density at radius 3 is 1.75 bits per heavy atom. The van der Waals surface area contributed by atoms with Crippen LogP contribution in [0, 0.1) is 0 Å². The first kappa shape index (κ1) is 47.7. The van der Waals surface area contributed by atoms with Crippen molar-refractivity contribution < 1.29 is 39.8 Å². The van der Waals surface area contributed by atoms with E-state index in [0.29, 0.717) is 12.8 Å². The Labute approximate surface area is 311 Å².